The summed E-state index contributed by atoms with van der Waals surface area (Å²) in [6, 6.07) is 0. The van der Waals surface area contributed by atoms with Crippen molar-refractivity contribution in [1.82, 2.24) is 4.90 Å². The molecule has 0 rings (SSSR count). The van der Waals surface area contributed by atoms with Gasteiger partial charge < -0.3 is 9.22 Å². The lowest BCUT2D eigenvalue weighted by molar-refractivity contribution is -0.878. The Balaban J connectivity index is -0.0000000887. The molecular formula is C20H33Br2N2O4+. The molecule has 0 saturated carbocycles. The molecule has 0 unspecified atom stereocenters. The number of esters is 1. The van der Waals surface area contributed by atoms with Crippen molar-refractivity contribution in [3.63, 3.8) is 0 Å². The molecule has 0 aromatic carbocycles. The van der Waals surface area contributed by atoms with Crippen molar-refractivity contribution < 1.29 is 23.6 Å². The molecule has 0 amide bonds. The van der Waals surface area contributed by atoms with Gasteiger partial charge in [0.1, 0.15) is 13.1 Å². The number of quaternary nitrogens is 1. The second-order valence-electron chi connectivity index (χ2n) is 6.17. The van der Waals surface area contributed by atoms with Crippen LogP contribution in [0.1, 0.15) is 6.92 Å². The number of carbonyl (C=O) groups excluding carboxylic acids is 3. The second kappa shape index (κ2) is 25.3. The zero-order valence-corrected chi connectivity index (χ0v) is 21.0. The summed E-state index contributed by atoms with van der Waals surface area (Å²) in [5.74, 6) is 4.78. The Labute approximate surface area is 189 Å². The van der Waals surface area contributed by atoms with Crippen molar-refractivity contribution in [3.05, 3.63) is 24.3 Å². The molecule has 6 nitrogen and oxygen atoms in total. The van der Waals surface area contributed by atoms with Crippen LogP contribution in [-0.2, 0) is 19.1 Å². The number of rotatable bonds is 6. The molecule has 0 aliphatic rings. The largest absolute Gasteiger partial charge is 0.466 e. The topological polar surface area (TPSA) is 63.7 Å². The van der Waals surface area contributed by atoms with Crippen LogP contribution in [0.25, 0.3) is 0 Å². The maximum absolute atomic E-state index is 10.4. The predicted octanol–water partition coefficient (Wildman–Crippen LogP) is 2.56. The first-order chi connectivity index (χ1) is 12.4. The molecule has 0 radical (unpaired) electrons. The van der Waals surface area contributed by atoms with Crippen LogP contribution in [0.4, 0.5) is 0 Å². The fraction of sp³-hybridized carbons (Fsp3) is 0.500. The summed E-state index contributed by atoms with van der Waals surface area (Å²) < 4.78 is 5.17. The molecule has 28 heavy (non-hydrogen) atoms. The van der Waals surface area contributed by atoms with Gasteiger partial charge in [-0.2, -0.15) is 9.59 Å². The van der Waals surface area contributed by atoms with Gasteiger partial charge in [-0.1, -0.05) is 35.0 Å². The van der Waals surface area contributed by atoms with E-state index in [0.29, 0.717) is 10.9 Å². The van der Waals surface area contributed by atoms with Gasteiger partial charge in [0.05, 0.1) is 27.7 Å². The van der Waals surface area contributed by atoms with Gasteiger partial charge in [-0.15, -0.1) is 29.8 Å². The summed E-state index contributed by atoms with van der Waals surface area (Å²) in [6.07, 6.45) is 10.4. The Morgan fingerprint density at radius 2 is 1.61 bits per heavy atom. The number of alkyl halides is 1. The van der Waals surface area contributed by atoms with Crippen molar-refractivity contribution in [3.8, 4) is 24.7 Å². The Kier molecular flexibility index (Phi) is 33.6. The molecule has 8 heteroatoms. The molecule has 0 spiro atoms. The Morgan fingerprint density at radius 1 is 1.18 bits per heavy atom. The van der Waals surface area contributed by atoms with E-state index in [1.807, 2.05) is 25.9 Å². The van der Waals surface area contributed by atoms with Crippen LogP contribution in [0.5, 0.6) is 0 Å². The van der Waals surface area contributed by atoms with Crippen molar-refractivity contribution in [1.29, 1.82) is 0 Å². The van der Waals surface area contributed by atoms with E-state index in [9.17, 15) is 4.79 Å². The van der Waals surface area contributed by atoms with Crippen molar-refractivity contribution in [2.24, 2.45) is 0 Å². The average Bonchev–Trinajstić information content (AvgIpc) is 2.53. The van der Waals surface area contributed by atoms with Gasteiger partial charge in [-0.05, 0) is 32.5 Å². The number of nitrogens with zero attached hydrogens (tertiary/aromatic N) is 2. The van der Waals surface area contributed by atoms with Gasteiger partial charge in [0, 0.05) is 10.9 Å². The van der Waals surface area contributed by atoms with Gasteiger partial charge in [0.25, 0.3) is 0 Å². The number of halogens is 2. The summed E-state index contributed by atoms with van der Waals surface area (Å²) in [4.78, 5) is 28.6. The maximum atomic E-state index is 10.4. The zero-order valence-electron chi connectivity index (χ0n) is 17.7. The van der Waals surface area contributed by atoms with E-state index in [1.54, 1.807) is 0 Å². The first-order valence-electron chi connectivity index (χ1n) is 7.68. The molecule has 0 aromatic rings. The molecule has 0 aromatic heterocycles. The Bertz CT molecular complexity index is 540. The average molecular weight is 525 g/mol. The van der Waals surface area contributed by atoms with E-state index in [0.717, 1.165) is 24.1 Å². The van der Waals surface area contributed by atoms with E-state index >= 15 is 0 Å². The molecule has 0 N–H and O–H groups in total. The third kappa shape index (κ3) is 39.4. The molecule has 0 saturated heterocycles. The Hall–Kier alpha value is -1.67. The summed E-state index contributed by atoms with van der Waals surface area (Å²) >= 11 is 3.06. The van der Waals surface area contributed by atoms with Gasteiger partial charge in [-0.25, -0.2) is 4.79 Å². The lowest BCUT2D eigenvalue weighted by atomic mass is 10.3. The first kappa shape index (κ1) is 37.1. The number of likely N-dealkylation sites (N-methyl/N-ethyl adjacent to an activating group) is 1. The van der Waals surface area contributed by atoms with Crippen LogP contribution in [0.3, 0.4) is 0 Å². The molecule has 0 atom stereocenters. The molecule has 0 aliphatic carbocycles. The lowest BCUT2D eigenvalue weighted by Gasteiger charge is -2.27. The predicted molar refractivity (Wildman–Crippen MR) is 123 cm³/mol. The monoisotopic (exact) mass is 523 g/mol. The number of hydrogen-bond donors (Lipinski definition) is 0. The third-order valence-electron chi connectivity index (χ3n) is 2.26. The van der Waals surface area contributed by atoms with E-state index in [-0.39, 0.29) is 29.1 Å². The number of terminal acetylenes is 2. The normalized spacial score (nSPS) is 8.21. The molecule has 0 aliphatic heterocycles. The van der Waals surface area contributed by atoms with Crippen molar-refractivity contribution in [2.45, 2.75) is 6.92 Å². The van der Waals surface area contributed by atoms with Crippen LogP contribution >= 0.6 is 32.9 Å². The van der Waals surface area contributed by atoms with Crippen molar-refractivity contribution in [2.75, 3.05) is 60.3 Å². The van der Waals surface area contributed by atoms with Gasteiger partial charge in [0.15, 0.2) is 0 Å². The molecule has 0 fully saturated rings. The smallest absolute Gasteiger partial charge is 0.373 e. The van der Waals surface area contributed by atoms with E-state index < -0.39 is 0 Å². The Morgan fingerprint density at radius 3 is 1.75 bits per heavy atom. The van der Waals surface area contributed by atoms with Gasteiger partial charge in [-0.3, -0.25) is 4.90 Å². The highest BCUT2D eigenvalue weighted by molar-refractivity contribution is 9.09. The summed E-state index contributed by atoms with van der Waals surface area (Å²) in [7, 11) is 9.43. The number of carbonyl (C=O) groups is 1. The minimum atomic E-state index is -0.359. The fourth-order valence-corrected chi connectivity index (χ4v) is 1.64. The number of methoxy groups -OCH3 is 1. The van der Waals surface area contributed by atoms with Crippen LogP contribution in [0.2, 0.25) is 0 Å². The molecular weight excluding hydrogens is 492 g/mol. The third-order valence-corrected chi connectivity index (χ3v) is 2.94. The first-order valence-corrected chi connectivity index (χ1v) is 8.80. The van der Waals surface area contributed by atoms with Crippen LogP contribution in [-0.4, -0.2) is 81.8 Å². The minimum absolute atomic E-state index is 0. The van der Waals surface area contributed by atoms with Gasteiger partial charge in [0.2, 0.25) is 0 Å². The van der Waals surface area contributed by atoms with Crippen LogP contribution < -0.4 is 0 Å². The fourth-order valence-electron chi connectivity index (χ4n) is 1.42. The highest BCUT2D eigenvalue weighted by atomic mass is 79.9. The number of hydrogen-bond acceptors (Lipinski definition) is 5. The molecule has 160 valence electrons. The molecule has 0 heterocycles. The van der Waals surface area contributed by atoms with Crippen LogP contribution in [0.15, 0.2) is 24.3 Å². The molecule has 0 bridgehead atoms. The summed E-state index contributed by atoms with van der Waals surface area (Å²) in [5.41, 5.74) is 1.62. The van der Waals surface area contributed by atoms with Crippen molar-refractivity contribution >= 4 is 45.0 Å². The van der Waals surface area contributed by atoms with Gasteiger partial charge >= 0.3 is 12.1 Å². The van der Waals surface area contributed by atoms with E-state index in [2.05, 4.69) is 59.8 Å². The zero-order chi connectivity index (χ0) is 22.5. The van der Waals surface area contributed by atoms with E-state index in [4.69, 9.17) is 22.4 Å². The maximum Gasteiger partial charge on any atom is 0.373 e. The standard InChI is InChI=1S/C9H16N.C5H7BrO2.C5H9N.CO2.BrH/c1-6-7-10(4,5)8-9(2)3;1-4(3-6)5(7)8-2;1-4-5-6(2)3;2-1-3;/h1H,2,7-8H2,3-5H3;1,3H2,2H3;1H,5H2,2-3H3;;1H/q+1;;;;. The minimum Gasteiger partial charge on any atom is -0.466 e. The van der Waals surface area contributed by atoms with E-state index in [1.165, 1.54) is 12.7 Å². The summed E-state index contributed by atoms with van der Waals surface area (Å²) in [5, 5.41) is 0.472. The quantitative estimate of drug-likeness (QED) is 0.133. The second-order valence-corrected chi connectivity index (χ2v) is 6.73. The highest BCUT2D eigenvalue weighted by Gasteiger charge is 2.11. The lowest BCUT2D eigenvalue weighted by Crippen LogP contribution is -2.40. The summed E-state index contributed by atoms with van der Waals surface area (Å²) in [6.45, 7) is 11.8. The number of ether oxygens (including phenoxy) is 1. The SMILES string of the molecule is Br.C#CCN(C)C.C#CC[N+](C)(C)CC(=C)C.C=C(CBr)C(=O)OC.O=C=O. The highest BCUT2D eigenvalue weighted by Crippen LogP contribution is 2.00. The van der Waals surface area contributed by atoms with Crippen LogP contribution in [0, 0.1) is 24.7 Å².